The van der Waals surface area contributed by atoms with Crippen LogP contribution in [0.3, 0.4) is 0 Å². The van der Waals surface area contributed by atoms with Gasteiger partial charge in [-0.05, 0) is 49.2 Å². The summed E-state index contributed by atoms with van der Waals surface area (Å²) in [7, 11) is 0. The number of rotatable bonds is 6. The second-order valence-electron chi connectivity index (χ2n) is 8.23. The summed E-state index contributed by atoms with van der Waals surface area (Å²) in [6.45, 7) is 2.62. The smallest absolute Gasteiger partial charge is 0.326 e. The first-order valence-corrected chi connectivity index (χ1v) is 10.9. The Morgan fingerprint density at radius 1 is 1.03 bits per heavy atom. The summed E-state index contributed by atoms with van der Waals surface area (Å²) in [5.74, 6) is -0.791. The number of anilines is 3. The van der Waals surface area contributed by atoms with Crippen LogP contribution in [0.15, 0.2) is 78.9 Å². The Bertz CT molecular complexity index is 1270. The molecule has 3 aromatic carbocycles. The van der Waals surface area contributed by atoms with Gasteiger partial charge in [0.25, 0.3) is 0 Å². The average molecular weight is 424 g/mol. The molecule has 2 heterocycles. The van der Waals surface area contributed by atoms with Gasteiger partial charge in [0, 0.05) is 41.0 Å². The first-order valence-electron chi connectivity index (χ1n) is 10.9. The van der Waals surface area contributed by atoms with E-state index in [4.69, 9.17) is 4.98 Å². The molecule has 1 aliphatic rings. The van der Waals surface area contributed by atoms with E-state index in [0.717, 1.165) is 45.6 Å². The van der Waals surface area contributed by atoms with E-state index in [0.29, 0.717) is 13.0 Å². The van der Waals surface area contributed by atoms with Gasteiger partial charge in [0.2, 0.25) is 0 Å². The molecule has 0 aliphatic carbocycles. The van der Waals surface area contributed by atoms with Gasteiger partial charge in [-0.2, -0.15) is 0 Å². The number of pyridine rings is 1. The fraction of sp³-hybridized carbons (Fsp3) is 0.185. The molecule has 0 amide bonds. The standard InChI is InChI=1S/C27H25N3O2/c1-18-22-17-25(27(31)32)30(15-14-19-8-4-2-5-9-19)26(22)23-16-21(12-13-24(23)28-18)29-20-10-6-3-7-11-20/h2-13,16,25,29H,14-15,17H2,1H3,(H,31,32). The van der Waals surface area contributed by atoms with Crippen LogP contribution in [0.5, 0.6) is 0 Å². The Balaban J connectivity index is 1.57. The van der Waals surface area contributed by atoms with Crippen molar-refractivity contribution in [1.82, 2.24) is 4.98 Å². The van der Waals surface area contributed by atoms with Crippen LogP contribution in [0.1, 0.15) is 16.8 Å². The highest BCUT2D eigenvalue weighted by Crippen LogP contribution is 2.41. The van der Waals surface area contributed by atoms with Crippen molar-refractivity contribution in [3.63, 3.8) is 0 Å². The molecule has 160 valence electrons. The molecule has 0 fully saturated rings. The number of hydrogen-bond donors (Lipinski definition) is 2. The van der Waals surface area contributed by atoms with E-state index < -0.39 is 12.0 Å². The lowest BCUT2D eigenvalue weighted by molar-refractivity contribution is -0.138. The van der Waals surface area contributed by atoms with Crippen molar-refractivity contribution in [3.8, 4) is 0 Å². The number of hydrogen-bond acceptors (Lipinski definition) is 4. The summed E-state index contributed by atoms with van der Waals surface area (Å²) in [4.78, 5) is 19.0. The number of nitrogens with one attached hydrogen (secondary N) is 1. The maximum Gasteiger partial charge on any atom is 0.326 e. The predicted octanol–water partition coefficient (Wildman–Crippen LogP) is 5.35. The molecule has 5 nitrogen and oxygen atoms in total. The zero-order chi connectivity index (χ0) is 22.1. The normalized spacial score (nSPS) is 15.0. The molecule has 0 bridgehead atoms. The number of aryl methyl sites for hydroxylation is 1. The number of benzene rings is 3. The molecule has 0 saturated carbocycles. The number of aliphatic carboxylic acids is 1. The first-order chi connectivity index (χ1) is 15.6. The summed E-state index contributed by atoms with van der Waals surface area (Å²) >= 11 is 0. The van der Waals surface area contributed by atoms with Gasteiger partial charge in [0.05, 0.1) is 11.2 Å². The number of aromatic nitrogens is 1. The first kappa shape index (κ1) is 20.1. The molecule has 4 aromatic rings. The quantitative estimate of drug-likeness (QED) is 0.438. The summed E-state index contributed by atoms with van der Waals surface area (Å²) in [6, 6.07) is 25.8. The minimum absolute atomic E-state index is 0.477. The number of nitrogens with zero attached hydrogens (tertiary/aromatic N) is 2. The van der Waals surface area contributed by atoms with Gasteiger partial charge in [0.15, 0.2) is 0 Å². The lowest BCUT2D eigenvalue weighted by Gasteiger charge is -2.26. The lowest BCUT2D eigenvalue weighted by atomic mass is 10.0. The summed E-state index contributed by atoms with van der Waals surface area (Å²) in [6.07, 6.45) is 1.26. The summed E-state index contributed by atoms with van der Waals surface area (Å²) < 4.78 is 0. The van der Waals surface area contributed by atoms with E-state index in [1.165, 1.54) is 5.56 Å². The van der Waals surface area contributed by atoms with E-state index in [2.05, 4.69) is 28.4 Å². The molecule has 1 atom stereocenters. The van der Waals surface area contributed by atoms with Crippen LogP contribution in [0.2, 0.25) is 0 Å². The van der Waals surface area contributed by atoms with Crippen molar-refractivity contribution in [2.45, 2.75) is 25.8 Å². The largest absolute Gasteiger partial charge is 0.480 e. The molecule has 1 aliphatic heterocycles. The lowest BCUT2D eigenvalue weighted by Crippen LogP contribution is -2.39. The predicted molar refractivity (Wildman–Crippen MR) is 129 cm³/mol. The van der Waals surface area contributed by atoms with Crippen LogP contribution in [-0.2, 0) is 17.6 Å². The topological polar surface area (TPSA) is 65.5 Å². The van der Waals surface area contributed by atoms with Crippen molar-refractivity contribution in [2.24, 2.45) is 0 Å². The van der Waals surface area contributed by atoms with Crippen LogP contribution >= 0.6 is 0 Å². The zero-order valence-corrected chi connectivity index (χ0v) is 18.0. The molecule has 5 rings (SSSR count). The van der Waals surface area contributed by atoms with Crippen molar-refractivity contribution in [1.29, 1.82) is 0 Å². The van der Waals surface area contributed by atoms with Crippen molar-refractivity contribution >= 4 is 33.9 Å². The molecule has 5 heteroatoms. The molecule has 0 saturated heterocycles. The summed E-state index contributed by atoms with van der Waals surface area (Å²) in [5.41, 5.74) is 7.00. The third kappa shape index (κ3) is 3.78. The van der Waals surface area contributed by atoms with Gasteiger partial charge >= 0.3 is 5.97 Å². The molecule has 1 aromatic heterocycles. The molecular formula is C27H25N3O2. The van der Waals surface area contributed by atoms with E-state index in [-0.39, 0.29) is 0 Å². The van der Waals surface area contributed by atoms with E-state index in [1.807, 2.05) is 67.6 Å². The molecular weight excluding hydrogens is 398 g/mol. The molecule has 0 radical (unpaired) electrons. The Hall–Kier alpha value is -3.86. The maximum atomic E-state index is 12.2. The minimum atomic E-state index is -0.791. The number of carbonyl (C=O) groups is 1. The van der Waals surface area contributed by atoms with E-state index in [1.54, 1.807) is 0 Å². The van der Waals surface area contributed by atoms with Crippen LogP contribution in [0, 0.1) is 6.92 Å². The van der Waals surface area contributed by atoms with Crippen LogP contribution in [0.25, 0.3) is 10.9 Å². The molecule has 2 N–H and O–H groups in total. The average Bonchev–Trinajstić information content (AvgIpc) is 3.20. The van der Waals surface area contributed by atoms with Crippen LogP contribution < -0.4 is 10.2 Å². The minimum Gasteiger partial charge on any atom is -0.480 e. The fourth-order valence-corrected chi connectivity index (χ4v) is 4.59. The number of carboxylic acid groups (broad SMARTS) is 1. The highest BCUT2D eigenvalue weighted by molar-refractivity contribution is 6.00. The zero-order valence-electron chi connectivity index (χ0n) is 18.0. The molecule has 0 spiro atoms. The van der Waals surface area contributed by atoms with Crippen molar-refractivity contribution in [2.75, 3.05) is 16.8 Å². The second kappa shape index (κ2) is 8.35. The van der Waals surface area contributed by atoms with Crippen molar-refractivity contribution < 1.29 is 9.90 Å². The Morgan fingerprint density at radius 3 is 2.47 bits per heavy atom. The highest BCUT2D eigenvalue weighted by Gasteiger charge is 2.37. The molecule has 32 heavy (non-hydrogen) atoms. The van der Waals surface area contributed by atoms with Crippen LogP contribution in [-0.4, -0.2) is 28.6 Å². The number of fused-ring (bicyclic) bond motifs is 3. The van der Waals surface area contributed by atoms with Gasteiger partial charge in [0.1, 0.15) is 6.04 Å². The van der Waals surface area contributed by atoms with E-state index >= 15 is 0 Å². The van der Waals surface area contributed by atoms with E-state index in [9.17, 15) is 9.90 Å². The van der Waals surface area contributed by atoms with Gasteiger partial charge in [-0.3, -0.25) is 4.98 Å². The van der Waals surface area contributed by atoms with Gasteiger partial charge in [-0.1, -0.05) is 48.5 Å². The highest BCUT2D eigenvalue weighted by atomic mass is 16.4. The fourth-order valence-electron chi connectivity index (χ4n) is 4.59. The van der Waals surface area contributed by atoms with Gasteiger partial charge in [-0.15, -0.1) is 0 Å². The Labute approximate surface area is 187 Å². The number of para-hydroxylation sites is 1. The third-order valence-electron chi connectivity index (χ3n) is 6.16. The van der Waals surface area contributed by atoms with Crippen molar-refractivity contribution in [3.05, 3.63) is 95.7 Å². The van der Waals surface area contributed by atoms with Crippen LogP contribution in [0.4, 0.5) is 17.1 Å². The van der Waals surface area contributed by atoms with Gasteiger partial charge < -0.3 is 15.3 Å². The third-order valence-corrected chi connectivity index (χ3v) is 6.16. The Kier molecular flexibility index (Phi) is 5.23. The Morgan fingerprint density at radius 2 is 1.75 bits per heavy atom. The maximum absolute atomic E-state index is 12.2. The monoisotopic (exact) mass is 423 g/mol. The van der Waals surface area contributed by atoms with Gasteiger partial charge in [-0.25, -0.2) is 4.79 Å². The SMILES string of the molecule is Cc1nc2ccc(Nc3ccccc3)cc2c2c1CC(C(=O)O)N2CCc1ccccc1. The molecule has 1 unspecified atom stereocenters. The summed E-state index contributed by atoms with van der Waals surface area (Å²) in [5, 5.41) is 14.4. The number of carboxylic acids is 1. The second-order valence-corrected chi connectivity index (χ2v) is 8.23.